The first-order chi connectivity index (χ1) is 10.1. The minimum atomic E-state index is -3.60. The fourth-order valence-corrected chi connectivity index (χ4v) is 3.86. The summed E-state index contributed by atoms with van der Waals surface area (Å²) in [4.78, 5) is 0.177. The van der Waals surface area contributed by atoms with Crippen LogP contribution in [0.15, 0.2) is 23.1 Å². The van der Waals surface area contributed by atoms with Crippen LogP contribution in [0.25, 0.3) is 0 Å². The highest BCUT2D eigenvalue weighted by atomic mass is 32.2. The Morgan fingerprint density at radius 2 is 1.95 bits per heavy atom. The molecule has 116 valence electrons. The van der Waals surface area contributed by atoms with Crippen LogP contribution in [0.1, 0.15) is 19.8 Å². The molecule has 0 aliphatic carbocycles. The molecule has 1 fully saturated rings. The van der Waals surface area contributed by atoms with Crippen LogP contribution in [-0.2, 0) is 14.8 Å². The van der Waals surface area contributed by atoms with E-state index in [2.05, 4.69) is 4.72 Å². The molecule has 2 aliphatic heterocycles. The topological polar surface area (TPSA) is 73.9 Å². The highest BCUT2D eigenvalue weighted by molar-refractivity contribution is 7.89. The van der Waals surface area contributed by atoms with Crippen LogP contribution in [0.2, 0.25) is 0 Å². The quantitative estimate of drug-likeness (QED) is 0.907. The zero-order chi connectivity index (χ0) is 14.9. The number of hydrogen-bond acceptors (Lipinski definition) is 5. The van der Waals surface area contributed by atoms with Gasteiger partial charge in [0, 0.05) is 18.7 Å². The van der Waals surface area contributed by atoms with Crippen LogP contribution < -0.4 is 14.2 Å². The molecule has 7 heteroatoms. The van der Waals surface area contributed by atoms with E-state index in [1.165, 1.54) is 12.1 Å². The van der Waals surface area contributed by atoms with Gasteiger partial charge in [0.15, 0.2) is 11.5 Å². The lowest BCUT2D eigenvalue weighted by molar-refractivity contribution is 0.0902. The van der Waals surface area contributed by atoms with E-state index in [4.69, 9.17) is 14.2 Å². The van der Waals surface area contributed by atoms with Crippen molar-refractivity contribution in [3.05, 3.63) is 18.2 Å². The van der Waals surface area contributed by atoms with Crippen molar-refractivity contribution in [2.45, 2.75) is 36.8 Å². The minimum absolute atomic E-state index is 0.0583. The average Bonchev–Trinajstić information content (AvgIpc) is 3.00. The summed E-state index contributed by atoms with van der Waals surface area (Å²) in [5.41, 5.74) is 0. The van der Waals surface area contributed by atoms with E-state index < -0.39 is 10.0 Å². The van der Waals surface area contributed by atoms with Crippen molar-refractivity contribution >= 4 is 10.0 Å². The maximum atomic E-state index is 12.4. The van der Waals surface area contributed by atoms with Crippen LogP contribution >= 0.6 is 0 Å². The zero-order valence-corrected chi connectivity index (χ0v) is 12.7. The van der Waals surface area contributed by atoms with Gasteiger partial charge in [-0.3, -0.25) is 0 Å². The monoisotopic (exact) mass is 313 g/mol. The van der Waals surface area contributed by atoms with E-state index in [1.807, 2.05) is 6.92 Å². The molecule has 2 aliphatic rings. The van der Waals surface area contributed by atoms with E-state index in [0.29, 0.717) is 31.3 Å². The summed E-state index contributed by atoms with van der Waals surface area (Å²) in [5.74, 6) is 1.04. The number of benzene rings is 1. The number of sulfonamides is 1. The number of hydrogen-bond donors (Lipinski definition) is 1. The van der Waals surface area contributed by atoms with Gasteiger partial charge in [-0.15, -0.1) is 0 Å². The summed E-state index contributed by atoms with van der Waals surface area (Å²) in [6, 6.07) is 4.39. The lowest BCUT2D eigenvalue weighted by atomic mass is 10.1. The van der Waals surface area contributed by atoms with E-state index in [0.717, 1.165) is 12.8 Å². The smallest absolute Gasteiger partial charge is 0.241 e. The van der Waals surface area contributed by atoms with Crippen molar-refractivity contribution in [1.29, 1.82) is 0 Å². The lowest BCUT2D eigenvalue weighted by Crippen LogP contribution is -2.40. The van der Waals surface area contributed by atoms with Crippen LogP contribution in [0.4, 0.5) is 0 Å². The molecule has 6 nitrogen and oxygen atoms in total. The van der Waals surface area contributed by atoms with E-state index in [1.54, 1.807) is 6.07 Å². The van der Waals surface area contributed by atoms with Gasteiger partial charge in [-0.05, 0) is 31.9 Å². The van der Waals surface area contributed by atoms with Gasteiger partial charge in [0.2, 0.25) is 10.0 Å². The SMILES string of the molecule is C[C@@H](NS(=O)(=O)c1ccc2c(c1)OCCO2)[C@H]1CCCO1. The molecule has 0 amide bonds. The molecule has 1 saturated heterocycles. The molecule has 1 aromatic rings. The zero-order valence-electron chi connectivity index (χ0n) is 11.9. The van der Waals surface area contributed by atoms with Crippen LogP contribution in [0.3, 0.4) is 0 Å². The van der Waals surface area contributed by atoms with Gasteiger partial charge in [-0.2, -0.15) is 0 Å². The third-order valence-electron chi connectivity index (χ3n) is 3.69. The average molecular weight is 313 g/mol. The molecule has 2 atom stereocenters. The van der Waals surface area contributed by atoms with E-state index in [9.17, 15) is 8.42 Å². The van der Waals surface area contributed by atoms with Gasteiger partial charge < -0.3 is 14.2 Å². The van der Waals surface area contributed by atoms with Crippen molar-refractivity contribution in [2.75, 3.05) is 19.8 Å². The molecular formula is C14H19NO5S. The van der Waals surface area contributed by atoms with Gasteiger partial charge >= 0.3 is 0 Å². The summed E-state index contributed by atoms with van der Waals surface area (Å²) in [6.45, 7) is 3.43. The molecule has 0 bridgehead atoms. The lowest BCUT2D eigenvalue weighted by Gasteiger charge is -2.21. The molecule has 0 radical (unpaired) electrons. The molecular weight excluding hydrogens is 294 g/mol. The summed E-state index contributed by atoms with van der Waals surface area (Å²) < 4.78 is 43.8. The fourth-order valence-electron chi connectivity index (χ4n) is 2.58. The number of ether oxygens (including phenoxy) is 3. The molecule has 0 spiro atoms. The summed E-state index contributed by atoms with van der Waals surface area (Å²) >= 11 is 0. The summed E-state index contributed by atoms with van der Waals surface area (Å²) in [5, 5.41) is 0. The molecule has 0 saturated carbocycles. The maximum absolute atomic E-state index is 12.4. The number of fused-ring (bicyclic) bond motifs is 1. The number of nitrogens with one attached hydrogen (secondary N) is 1. The fraction of sp³-hybridized carbons (Fsp3) is 0.571. The molecule has 1 N–H and O–H groups in total. The normalized spacial score (nSPS) is 23.0. The Labute approximate surface area is 124 Å². The summed E-state index contributed by atoms with van der Waals surface area (Å²) in [7, 11) is -3.60. The van der Waals surface area contributed by atoms with Gasteiger partial charge in [-0.25, -0.2) is 13.1 Å². The van der Waals surface area contributed by atoms with Gasteiger partial charge in [0.1, 0.15) is 13.2 Å². The van der Waals surface area contributed by atoms with Crippen LogP contribution in [0, 0.1) is 0 Å². The Kier molecular flexibility index (Phi) is 4.05. The maximum Gasteiger partial charge on any atom is 0.241 e. The standard InChI is InChI=1S/C14H19NO5S/c1-10(12-3-2-6-18-12)15-21(16,17)11-4-5-13-14(9-11)20-8-7-19-13/h4-5,9-10,12,15H,2-3,6-8H2,1H3/t10-,12-/m1/s1. The second-order valence-electron chi connectivity index (χ2n) is 5.27. The first kappa shape index (κ1) is 14.6. The first-order valence-corrected chi connectivity index (χ1v) is 8.58. The van der Waals surface area contributed by atoms with Gasteiger partial charge in [0.05, 0.1) is 11.0 Å². The van der Waals surface area contributed by atoms with E-state index >= 15 is 0 Å². The minimum Gasteiger partial charge on any atom is -0.486 e. The van der Waals surface area contributed by atoms with Crippen molar-refractivity contribution in [3.63, 3.8) is 0 Å². The third-order valence-corrected chi connectivity index (χ3v) is 5.24. The second kappa shape index (κ2) is 5.82. The predicted octanol–water partition coefficient (Wildman–Crippen LogP) is 1.30. The van der Waals surface area contributed by atoms with Crippen molar-refractivity contribution < 1.29 is 22.6 Å². The van der Waals surface area contributed by atoms with Gasteiger partial charge in [-0.1, -0.05) is 0 Å². The van der Waals surface area contributed by atoms with Crippen LogP contribution in [0.5, 0.6) is 11.5 Å². The molecule has 2 heterocycles. The Hall–Kier alpha value is -1.31. The van der Waals surface area contributed by atoms with Crippen molar-refractivity contribution in [1.82, 2.24) is 4.72 Å². The molecule has 1 aromatic carbocycles. The summed E-state index contributed by atoms with van der Waals surface area (Å²) in [6.07, 6.45) is 1.79. The molecule has 3 rings (SSSR count). The number of rotatable bonds is 4. The largest absolute Gasteiger partial charge is 0.486 e. The van der Waals surface area contributed by atoms with Crippen molar-refractivity contribution in [2.24, 2.45) is 0 Å². The molecule has 21 heavy (non-hydrogen) atoms. The highest BCUT2D eigenvalue weighted by Gasteiger charge is 2.27. The highest BCUT2D eigenvalue weighted by Crippen LogP contribution is 2.32. The van der Waals surface area contributed by atoms with Crippen LogP contribution in [-0.4, -0.2) is 40.4 Å². The van der Waals surface area contributed by atoms with Gasteiger partial charge in [0.25, 0.3) is 0 Å². The predicted molar refractivity (Wildman–Crippen MR) is 76.2 cm³/mol. The first-order valence-electron chi connectivity index (χ1n) is 7.10. The molecule has 0 aromatic heterocycles. The Balaban J connectivity index is 1.77. The third kappa shape index (κ3) is 3.14. The van der Waals surface area contributed by atoms with Crippen molar-refractivity contribution in [3.8, 4) is 11.5 Å². The molecule has 0 unspecified atom stereocenters. The Morgan fingerprint density at radius 1 is 1.19 bits per heavy atom. The Morgan fingerprint density at radius 3 is 2.67 bits per heavy atom. The second-order valence-corrected chi connectivity index (χ2v) is 6.98. The Bertz CT molecular complexity index is 610. The van der Waals surface area contributed by atoms with E-state index in [-0.39, 0.29) is 17.0 Å².